The molecule has 1 atom stereocenters. The van der Waals surface area contributed by atoms with Gasteiger partial charge in [-0.15, -0.1) is 0 Å². The normalized spacial score (nSPS) is 14.3. The molecule has 7 aromatic rings. The lowest BCUT2D eigenvalue weighted by atomic mass is 10.0. The molecule has 4 heterocycles. The number of rotatable bonds is 18. The second-order valence-electron chi connectivity index (χ2n) is 21.1. The molecule has 1 unspecified atom stereocenters. The van der Waals surface area contributed by atoms with Crippen molar-refractivity contribution >= 4 is 79.4 Å². The van der Waals surface area contributed by atoms with E-state index in [4.69, 9.17) is 39.3 Å². The highest BCUT2D eigenvalue weighted by molar-refractivity contribution is 6.76. The third-order valence-corrected chi connectivity index (χ3v) is 15.9. The number of hydrogen-bond donors (Lipinski definition) is 3. The number of hydrazine groups is 1. The number of hydrogen-bond acceptors (Lipinski definition) is 15. The molecule has 0 fully saturated rings. The standard InChI is InChI=1S/C28H30N4O5Si.C22H29N3O3Si.C7H7NO2/c1-38(2,3)14-13-35-18-31-26-17-22(29-21-5-4-6-23(16-21)32(33)34)9-10-24(26)25(30-31)11-7-20-8-12-27-28(15-20)37-19-36-27;1-29(2,3)11-10-26-14-25-20-13-17(23)6-7-18(20)19(24-25)8-4-16-5-9-21-22(12-16)28-15-27-21;1-6-3-2-4-7(5-6)8(9)10/h4-12,15-17,29H,13-14,18-19H2,1-3H3;4-9,12-13,19,24H,10-11,14-15,23H2,1-3H3;2-5H,1H3/b11-7+;8-4+;. The van der Waals surface area contributed by atoms with Crippen molar-refractivity contribution in [1.29, 1.82) is 0 Å². The largest absolute Gasteiger partial charge is 0.454 e. The Labute approximate surface area is 450 Å². The highest BCUT2D eigenvalue weighted by Gasteiger charge is 2.27. The van der Waals surface area contributed by atoms with E-state index in [0.717, 1.165) is 92.0 Å². The van der Waals surface area contributed by atoms with Gasteiger partial charge in [-0.25, -0.2) is 10.1 Å². The molecule has 20 heteroatoms. The summed E-state index contributed by atoms with van der Waals surface area (Å²) in [7, 11) is -2.31. The Morgan fingerprint density at radius 3 is 1.91 bits per heavy atom. The van der Waals surface area contributed by atoms with Crippen LogP contribution in [0.15, 0.2) is 127 Å². The van der Waals surface area contributed by atoms with E-state index in [1.165, 1.54) is 23.8 Å². The number of nitrogens with two attached hydrogens (primary N) is 1. The molecule has 10 rings (SSSR count). The van der Waals surface area contributed by atoms with Gasteiger partial charge in [-0.05, 0) is 108 Å². The molecule has 1 aromatic heterocycles. The fourth-order valence-corrected chi connectivity index (χ4v) is 9.72. The van der Waals surface area contributed by atoms with E-state index in [2.05, 4.69) is 68.2 Å². The highest BCUT2D eigenvalue weighted by Crippen LogP contribution is 2.38. The minimum absolute atomic E-state index is 0.0351. The van der Waals surface area contributed by atoms with Gasteiger partial charge in [0.25, 0.3) is 11.4 Å². The Morgan fingerprint density at radius 1 is 0.688 bits per heavy atom. The number of nitrogens with one attached hydrogen (secondary N) is 2. The first-order valence-electron chi connectivity index (χ1n) is 25.3. The molecule has 0 saturated heterocycles. The lowest BCUT2D eigenvalue weighted by molar-refractivity contribution is -0.385. The fourth-order valence-electron chi connectivity index (χ4n) is 8.20. The quantitative estimate of drug-likeness (QED) is 0.0240. The number of benzene rings is 6. The van der Waals surface area contributed by atoms with E-state index in [1.807, 2.05) is 102 Å². The number of nitrogens with zero attached hydrogens (tertiary/aromatic N) is 5. The smallest absolute Gasteiger partial charge is 0.271 e. The molecule has 3 aliphatic heterocycles. The summed E-state index contributed by atoms with van der Waals surface area (Å²) in [5, 5.41) is 32.5. The molecular weight excluding hydrogens is 1010 g/mol. The summed E-state index contributed by atoms with van der Waals surface area (Å²) in [6.07, 6.45) is 8.21. The molecule has 6 aromatic carbocycles. The maximum absolute atomic E-state index is 11.2. The number of anilines is 4. The Bertz CT molecular complexity index is 3280. The van der Waals surface area contributed by atoms with Crippen LogP contribution in [0, 0.1) is 27.2 Å². The third kappa shape index (κ3) is 15.5. The van der Waals surface area contributed by atoms with Gasteiger partial charge in [0.05, 0.1) is 32.8 Å². The van der Waals surface area contributed by atoms with Crippen LogP contribution in [0.1, 0.15) is 34.0 Å². The Hall–Kier alpha value is -8.02. The molecule has 0 amide bonds. The molecule has 0 spiro atoms. The van der Waals surface area contributed by atoms with Crippen molar-refractivity contribution in [1.82, 2.24) is 15.2 Å². The van der Waals surface area contributed by atoms with E-state index in [1.54, 1.807) is 24.3 Å². The van der Waals surface area contributed by atoms with Crippen molar-refractivity contribution in [2.75, 3.05) is 49.6 Å². The van der Waals surface area contributed by atoms with Crippen LogP contribution in [0.25, 0.3) is 29.1 Å². The highest BCUT2D eigenvalue weighted by atomic mass is 28.3. The zero-order valence-corrected chi connectivity index (χ0v) is 46.5. The van der Waals surface area contributed by atoms with Crippen molar-refractivity contribution in [2.24, 2.45) is 0 Å². The van der Waals surface area contributed by atoms with Crippen molar-refractivity contribution < 1.29 is 38.3 Å². The minimum atomic E-state index is -1.21. The van der Waals surface area contributed by atoms with Gasteiger partial charge >= 0.3 is 0 Å². The first-order valence-corrected chi connectivity index (χ1v) is 32.7. The van der Waals surface area contributed by atoms with E-state index < -0.39 is 26.0 Å². The molecule has 0 bridgehead atoms. The van der Waals surface area contributed by atoms with E-state index >= 15 is 0 Å². The zero-order chi connectivity index (χ0) is 54.7. The molecule has 3 aliphatic rings. The molecule has 0 aliphatic carbocycles. The van der Waals surface area contributed by atoms with Crippen LogP contribution >= 0.6 is 0 Å². The summed E-state index contributed by atoms with van der Waals surface area (Å²) in [5.41, 5.74) is 18.9. The van der Waals surface area contributed by atoms with Crippen LogP contribution < -0.4 is 40.4 Å². The van der Waals surface area contributed by atoms with Crippen LogP contribution in [0.4, 0.5) is 34.1 Å². The second-order valence-corrected chi connectivity index (χ2v) is 32.4. The number of non-ortho nitro benzene ring substituents is 2. The predicted molar refractivity (Wildman–Crippen MR) is 309 cm³/mol. The lowest BCUT2D eigenvalue weighted by Gasteiger charge is -2.22. The van der Waals surface area contributed by atoms with Crippen LogP contribution in [0.2, 0.25) is 51.4 Å². The van der Waals surface area contributed by atoms with E-state index in [-0.39, 0.29) is 31.0 Å². The monoisotopic (exact) mass is 1080 g/mol. The van der Waals surface area contributed by atoms with Gasteiger partial charge < -0.3 is 39.5 Å². The number of aryl methyl sites for hydroxylation is 1. The number of nitro groups is 2. The van der Waals surface area contributed by atoms with Crippen LogP contribution in [-0.4, -0.2) is 69.3 Å². The minimum Gasteiger partial charge on any atom is -0.454 e. The average molecular weight is 1080 g/mol. The number of aromatic nitrogens is 2. The Morgan fingerprint density at radius 2 is 1.29 bits per heavy atom. The number of nitrogen functional groups attached to an aromatic ring is 1. The molecule has 402 valence electrons. The van der Waals surface area contributed by atoms with Gasteiger partial charge in [0.1, 0.15) is 13.5 Å². The van der Waals surface area contributed by atoms with Gasteiger partial charge in [-0.2, -0.15) is 5.10 Å². The van der Waals surface area contributed by atoms with Crippen molar-refractivity contribution in [2.45, 2.75) is 71.1 Å². The predicted octanol–water partition coefficient (Wildman–Crippen LogP) is 13.2. The number of nitro benzene ring substituents is 2. The molecule has 0 saturated carbocycles. The maximum atomic E-state index is 11.2. The van der Waals surface area contributed by atoms with Crippen LogP contribution in [0.5, 0.6) is 23.0 Å². The second kappa shape index (κ2) is 24.8. The van der Waals surface area contributed by atoms with Gasteiger partial charge in [0.15, 0.2) is 23.0 Å². The van der Waals surface area contributed by atoms with Crippen molar-refractivity contribution in [3.63, 3.8) is 0 Å². The summed E-state index contributed by atoms with van der Waals surface area (Å²) < 4.78 is 35.6. The summed E-state index contributed by atoms with van der Waals surface area (Å²) in [6, 6.07) is 39.0. The first-order chi connectivity index (χ1) is 36.8. The van der Waals surface area contributed by atoms with E-state index in [9.17, 15) is 20.2 Å². The summed E-state index contributed by atoms with van der Waals surface area (Å²) >= 11 is 0. The van der Waals surface area contributed by atoms with Gasteiger partial charge in [0.2, 0.25) is 13.6 Å². The maximum Gasteiger partial charge on any atom is 0.271 e. The van der Waals surface area contributed by atoms with Crippen molar-refractivity contribution in [3.05, 3.63) is 176 Å². The topological polar surface area (TPSA) is 213 Å². The van der Waals surface area contributed by atoms with E-state index in [0.29, 0.717) is 25.8 Å². The fraction of sp³-hybridized carbons (Fsp3) is 0.281. The zero-order valence-electron chi connectivity index (χ0n) is 44.5. The van der Waals surface area contributed by atoms with Crippen LogP contribution in [0.3, 0.4) is 0 Å². The molecule has 77 heavy (non-hydrogen) atoms. The van der Waals surface area contributed by atoms with Gasteiger partial charge in [-0.3, -0.25) is 25.2 Å². The SMILES string of the molecule is C[Si](C)(C)CCOCN1NC(/C=C/c2ccc3c(c2)OCO3)c2ccc(N)cc21.C[Si](C)(C)CCOCn1nc(/C=C/c2ccc3c(c2)OCO3)c2ccc(Nc3cccc([N+](=O)[O-])c3)cc21.Cc1cccc([N+](=O)[O-])c1. The first kappa shape index (κ1) is 55.2. The molecule has 0 radical (unpaired) electrons. The summed E-state index contributed by atoms with van der Waals surface area (Å²) in [5.74, 6) is 3.06. The third-order valence-electron chi connectivity index (χ3n) is 12.4. The summed E-state index contributed by atoms with van der Waals surface area (Å²) in [4.78, 5) is 20.5. The lowest BCUT2D eigenvalue weighted by Crippen LogP contribution is -2.36. The van der Waals surface area contributed by atoms with Gasteiger partial charge in [-0.1, -0.05) is 93.9 Å². The molecular formula is C57H66N8O10Si2. The van der Waals surface area contributed by atoms with Gasteiger partial charge in [0, 0.05) is 76.1 Å². The molecule has 18 nitrogen and oxygen atoms in total. The van der Waals surface area contributed by atoms with Crippen LogP contribution in [-0.2, 0) is 16.2 Å². The van der Waals surface area contributed by atoms with Crippen molar-refractivity contribution in [3.8, 4) is 23.0 Å². The number of fused-ring (bicyclic) bond motifs is 4. The average Bonchev–Trinajstić information content (AvgIpc) is 4.21. The molecule has 4 N–H and O–H groups in total. The summed E-state index contributed by atoms with van der Waals surface area (Å²) in [6.45, 7) is 18.7. The Balaban J connectivity index is 0.000000177. The number of ether oxygens (including phenoxy) is 6. The Kier molecular flexibility index (Phi) is 17.8.